The van der Waals surface area contributed by atoms with Crippen LogP contribution in [0.2, 0.25) is 0 Å². The van der Waals surface area contributed by atoms with Gasteiger partial charge in [0.2, 0.25) is 5.91 Å². The highest BCUT2D eigenvalue weighted by molar-refractivity contribution is 5.98. The summed E-state index contributed by atoms with van der Waals surface area (Å²) in [6.07, 6.45) is 1.06. The van der Waals surface area contributed by atoms with Crippen LogP contribution in [-0.2, 0) is 9.59 Å². The summed E-state index contributed by atoms with van der Waals surface area (Å²) >= 11 is 0. The fourth-order valence-electron chi connectivity index (χ4n) is 1.96. The van der Waals surface area contributed by atoms with Crippen molar-refractivity contribution in [2.24, 2.45) is 0 Å². The molecule has 1 saturated heterocycles. The first-order chi connectivity index (χ1) is 9.09. The number of carbonyl (C=O) groups excluding carboxylic acids is 2. The molecule has 7 heteroatoms. The molecular weight excluding hydrogens is 250 g/mol. The van der Waals surface area contributed by atoms with E-state index in [4.69, 9.17) is 5.11 Å². The summed E-state index contributed by atoms with van der Waals surface area (Å²) in [7, 11) is 0. The van der Waals surface area contributed by atoms with E-state index >= 15 is 0 Å². The summed E-state index contributed by atoms with van der Waals surface area (Å²) in [6, 6.07) is 3.89. The number of carboxylic acid groups (broad SMARTS) is 1. The SMILES string of the molecule is O=C(O)CC1C(=O)NCCN1C(=O)c1ccccn1. The predicted molar refractivity (Wildman–Crippen MR) is 64.3 cm³/mol. The molecule has 1 aromatic rings. The van der Waals surface area contributed by atoms with Gasteiger partial charge in [-0.3, -0.25) is 19.4 Å². The Bertz CT molecular complexity index is 503. The average molecular weight is 263 g/mol. The molecular formula is C12H13N3O4. The van der Waals surface area contributed by atoms with Crippen LogP contribution in [0.25, 0.3) is 0 Å². The van der Waals surface area contributed by atoms with Crippen molar-refractivity contribution in [2.75, 3.05) is 13.1 Å². The van der Waals surface area contributed by atoms with Crippen LogP contribution in [0.1, 0.15) is 16.9 Å². The first-order valence-electron chi connectivity index (χ1n) is 5.81. The molecule has 1 aliphatic rings. The lowest BCUT2D eigenvalue weighted by atomic mass is 10.1. The van der Waals surface area contributed by atoms with Crippen LogP contribution >= 0.6 is 0 Å². The number of aliphatic carboxylic acids is 1. The van der Waals surface area contributed by atoms with Crippen LogP contribution in [-0.4, -0.2) is 51.9 Å². The summed E-state index contributed by atoms with van der Waals surface area (Å²) in [5.41, 5.74) is 0.201. The molecule has 2 rings (SSSR count). The van der Waals surface area contributed by atoms with E-state index in [9.17, 15) is 14.4 Å². The average Bonchev–Trinajstić information content (AvgIpc) is 2.41. The minimum Gasteiger partial charge on any atom is -0.481 e. The largest absolute Gasteiger partial charge is 0.481 e. The van der Waals surface area contributed by atoms with Crippen LogP contribution in [0.15, 0.2) is 24.4 Å². The van der Waals surface area contributed by atoms with Crippen LogP contribution < -0.4 is 5.32 Å². The van der Waals surface area contributed by atoms with Crippen molar-refractivity contribution in [3.63, 3.8) is 0 Å². The molecule has 19 heavy (non-hydrogen) atoms. The second-order valence-electron chi connectivity index (χ2n) is 4.12. The van der Waals surface area contributed by atoms with Crippen molar-refractivity contribution in [1.29, 1.82) is 0 Å². The van der Waals surface area contributed by atoms with Gasteiger partial charge in [0.15, 0.2) is 0 Å². The van der Waals surface area contributed by atoms with Crippen molar-refractivity contribution < 1.29 is 19.5 Å². The van der Waals surface area contributed by atoms with Crippen LogP contribution in [0.4, 0.5) is 0 Å². The molecule has 2 heterocycles. The van der Waals surface area contributed by atoms with Gasteiger partial charge in [-0.15, -0.1) is 0 Å². The van der Waals surface area contributed by atoms with E-state index in [1.54, 1.807) is 12.1 Å². The predicted octanol–water partition coefficient (Wildman–Crippen LogP) is -0.503. The molecule has 1 fully saturated rings. The lowest BCUT2D eigenvalue weighted by molar-refractivity contribution is -0.142. The number of rotatable bonds is 3. The molecule has 0 saturated carbocycles. The molecule has 0 aliphatic carbocycles. The standard InChI is InChI=1S/C12H13N3O4/c16-10(17)7-9-11(18)14-5-6-15(9)12(19)8-3-1-2-4-13-8/h1-4,9H,5-7H2,(H,14,18)(H,16,17). The summed E-state index contributed by atoms with van der Waals surface area (Å²) in [4.78, 5) is 39.9. The highest BCUT2D eigenvalue weighted by atomic mass is 16.4. The highest BCUT2D eigenvalue weighted by Crippen LogP contribution is 2.12. The maximum atomic E-state index is 12.2. The zero-order valence-corrected chi connectivity index (χ0v) is 10.1. The Morgan fingerprint density at radius 3 is 2.89 bits per heavy atom. The highest BCUT2D eigenvalue weighted by Gasteiger charge is 2.35. The molecule has 1 unspecified atom stereocenters. The number of amides is 2. The topological polar surface area (TPSA) is 99.6 Å². The van der Waals surface area contributed by atoms with Crippen molar-refractivity contribution >= 4 is 17.8 Å². The number of hydrogen-bond donors (Lipinski definition) is 2. The molecule has 1 aliphatic heterocycles. The first-order valence-corrected chi connectivity index (χ1v) is 5.81. The third-order valence-corrected chi connectivity index (χ3v) is 2.84. The van der Waals surface area contributed by atoms with E-state index in [0.717, 1.165) is 0 Å². The maximum Gasteiger partial charge on any atom is 0.305 e. The number of nitrogens with one attached hydrogen (secondary N) is 1. The Labute approximate surface area is 109 Å². The molecule has 100 valence electrons. The molecule has 0 bridgehead atoms. The molecule has 1 atom stereocenters. The quantitative estimate of drug-likeness (QED) is 0.765. The number of carboxylic acids is 1. The second-order valence-corrected chi connectivity index (χ2v) is 4.12. The van der Waals surface area contributed by atoms with Gasteiger partial charge in [0, 0.05) is 19.3 Å². The Morgan fingerprint density at radius 2 is 2.26 bits per heavy atom. The van der Waals surface area contributed by atoms with Crippen LogP contribution in [0.5, 0.6) is 0 Å². The first kappa shape index (κ1) is 13.0. The summed E-state index contributed by atoms with van der Waals surface area (Å²) in [5.74, 6) is -2.00. The number of carbonyl (C=O) groups is 3. The number of pyridine rings is 1. The Balaban J connectivity index is 2.22. The molecule has 1 aromatic heterocycles. The summed E-state index contributed by atoms with van der Waals surface area (Å²) in [5, 5.41) is 11.4. The second kappa shape index (κ2) is 5.47. The maximum absolute atomic E-state index is 12.2. The van der Waals surface area contributed by atoms with Crippen molar-refractivity contribution in [3.05, 3.63) is 30.1 Å². The lowest BCUT2D eigenvalue weighted by Gasteiger charge is -2.33. The van der Waals surface area contributed by atoms with Gasteiger partial charge in [-0.2, -0.15) is 0 Å². The van der Waals surface area contributed by atoms with Gasteiger partial charge in [0.05, 0.1) is 6.42 Å². The molecule has 0 spiro atoms. The Morgan fingerprint density at radius 1 is 1.47 bits per heavy atom. The van der Waals surface area contributed by atoms with Crippen molar-refractivity contribution in [1.82, 2.24) is 15.2 Å². The van der Waals surface area contributed by atoms with Crippen molar-refractivity contribution in [3.8, 4) is 0 Å². The summed E-state index contributed by atoms with van der Waals surface area (Å²) < 4.78 is 0. The third kappa shape index (κ3) is 2.87. The molecule has 7 nitrogen and oxygen atoms in total. The van der Waals surface area contributed by atoms with E-state index < -0.39 is 30.2 Å². The van der Waals surface area contributed by atoms with E-state index in [1.165, 1.54) is 17.2 Å². The van der Waals surface area contributed by atoms with Gasteiger partial charge >= 0.3 is 5.97 Å². The molecule has 2 N–H and O–H groups in total. The minimum atomic E-state index is -1.12. The van der Waals surface area contributed by atoms with Gasteiger partial charge in [-0.05, 0) is 12.1 Å². The van der Waals surface area contributed by atoms with Crippen molar-refractivity contribution in [2.45, 2.75) is 12.5 Å². The van der Waals surface area contributed by atoms with E-state index in [2.05, 4.69) is 10.3 Å². The fraction of sp³-hybridized carbons (Fsp3) is 0.333. The monoisotopic (exact) mass is 263 g/mol. The zero-order chi connectivity index (χ0) is 13.8. The van der Waals surface area contributed by atoms with Gasteiger partial charge in [0.1, 0.15) is 11.7 Å². The van der Waals surface area contributed by atoms with Gasteiger partial charge in [-0.1, -0.05) is 6.07 Å². The third-order valence-electron chi connectivity index (χ3n) is 2.84. The molecule has 0 aromatic carbocycles. The van der Waals surface area contributed by atoms with Gasteiger partial charge < -0.3 is 15.3 Å². The Hall–Kier alpha value is -2.44. The van der Waals surface area contributed by atoms with Crippen LogP contribution in [0, 0.1) is 0 Å². The van der Waals surface area contributed by atoms with Gasteiger partial charge in [-0.25, -0.2) is 0 Å². The van der Waals surface area contributed by atoms with Gasteiger partial charge in [0.25, 0.3) is 5.91 Å². The molecule has 0 radical (unpaired) electrons. The molecule has 2 amide bonds. The lowest BCUT2D eigenvalue weighted by Crippen LogP contribution is -2.57. The number of aromatic nitrogens is 1. The van der Waals surface area contributed by atoms with Crippen LogP contribution in [0.3, 0.4) is 0 Å². The minimum absolute atomic E-state index is 0.201. The zero-order valence-electron chi connectivity index (χ0n) is 10.1. The number of nitrogens with zero attached hydrogens (tertiary/aromatic N) is 2. The van der Waals surface area contributed by atoms with E-state index in [0.29, 0.717) is 6.54 Å². The Kier molecular flexibility index (Phi) is 3.74. The normalized spacial score (nSPS) is 18.8. The van der Waals surface area contributed by atoms with E-state index in [-0.39, 0.29) is 12.2 Å². The number of piperazine rings is 1. The smallest absolute Gasteiger partial charge is 0.305 e. The summed E-state index contributed by atoms with van der Waals surface area (Å²) in [6.45, 7) is 0.590. The fourth-order valence-corrected chi connectivity index (χ4v) is 1.96. The van der Waals surface area contributed by atoms with E-state index in [1.807, 2.05) is 0 Å². The number of hydrogen-bond acceptors (Lipinski definition) is 4.